The Kier molecular flexibility index (Phi) is 6.95. The fraction of sp³-hybridized carbons (Fsp3) is 0.148. The summed E-state index contributed by atoms with van der Waals surface area (Å²) in [6, 6.07) is 27.3. The van der Waals surface area contributed by atoms with Gasteiger partial charge in [0.15, 0.2) is 0 Å². The summed E-state index contributed by atoms with van der Waals surface area (Å²) in [5, 5.41) is 11.1. The molecule has 0 unspecified atom stereocenters. The molecular weight excluding hydrogens is 412 g/mol. The first-order chi connectivity index (χ1) is 16.1. The molecule has 0 atom stereocenters. The second-order valence-electron chi connectivity index (χ2n) is 7.96. The molecule has 1 heterocycles. The maximum Gasteiger partial charge on any atom is 0.289 e. The number of ether oxygens (including phenoxy) is 1. The number of hydrogen-bond donors (Lipinski definition) is 2. The number of aromatic nitrogens is 2. The lowest BCUT2D eigenvalue weighted by atomic mass is 10.0. The highest BCUT2D eigenvalue weighted by molar-refractivity contribution is 5.94. The van der Waals surface area contributed by atoms with Gasteiger partial charge in [0.1, 0.15) is 18.1 Å². The van der Waals surface area contributed by atoms with Crippen LogP contribution < -0.4 is 10.2 Å². The van der Waals surface area contributed by atoms with Crippen molar-refractivity contribution in [3.05, 3.63) is 107 Å². The number of carbonyl (C=O) groups excluding carboxylic acids is 1. The van der Waals surface area contributed by atoms with Gasteiger partial charge in [-0.3, -0.25) is 9.89 Å². The quantitative estimate of drug-likeness (QED) is 0.280. The SMILES string of the molecule is CC(C)c1ccc(C=NNC(=O)c2cc(-c3ccccc3OCc3ccccc3)n[nH]2)cc1. The summed E-state index contributed by atoms with van der Waals surface area (Å²) in [5.74, 6) is 0.799. The van der Waals surface area contributed by atoms with Gasteiger partial charge in [0.05, 0.1) is 11.9 Å². The van der Waals surface area contributed by atoms with Gasteiger partial charge in [0, 0.05) is 5.56 Å². The average Bonchev–Trinajstić information content (AvgIpc) is 3.34. The van der Waals surface area contributed by atoms with Crippen LogP contribution in [0, 0.1) is 0 Å². The molecule has 0 spiro atoms. The molecule has 0 fully saturated rings. The maximum absolute atomic E-state index is 12.5. The number of nitrogens with zero attached hydrogens (tertiary/aromatic N) is 2. The fourth-order valence-corrected chi connectivity index (χ4v) is 3.31. The Labute approximate surface area is 193 Å². The summed E-state index contributed by atoms with van der Waals surface area (Å²) in [4.78, 5) is 12.5. The molecule has 6 nitrogen and oxygen atoms in total. The molecular formula is C27H26N4O2. The molecule has 6 heteroatoms. The molecule has 33 heavy (non-hydrogen) atoms. The smallest absolute Gasteiger partial charge is 0.289 e. The van der Waals surface area contributed by atoms with Gasteiger partial charge >= 0.3 is 0 Å². The zero-order valence-corrected chi connectivity index (χ0v) is 18.7. The zero-order valence-electron chi connectivity index (χ0n) is 18.7. The van der Waals surface area contributed by atoms with Crippen LogP contribution in [0.4, 0.5) is 0 Å². The summed E-state index contributed by atoms with van der Waals surface area (Å²) in [5.41, 5.74) is 7.52. The lowest BCUT2D eigenvalue weighted by Crippen LogP contribution is -2.18. The predicted molar refractivity (Wildman–Crippen MR) is 130 cm³/mol. The fourth-order valence-electron chi connectivity index (χ4n) is 3.31. The molecule has 0 saturated carbocycles. The van der Waals surface area contributed by atoms with Crippen LogP contribution in [0.25, 0.3) is 11.3 Å². The zero-order chi connectivity index (χ0) is 23.0. The third kappa shape index (κ3) is 5.74. The Bertz CT molecular complexity index is 1230. The second-order valence-corrected chi connectivity index (χ2v) is 7.96. The van der Waals surface area contributed by atoms with Gasteiger partial charge in [-0.2, -0.15) is 10.2 Å². The number of carbonyl (C=O) groups is 1. The largest absolute Gasteiger partial charge is 0.488 e. The molecule has 4 aromatic rings. The Balaban J connectivity index is 1.41. The normalized spacial score (nSPS) is 11.1. The van der Waals surface area contributed by atoms with Crippen LogP contribution >= 0.6 is 0 Å². The lowest BCUT2D eigenvalue weighted by Gasteiger charge is -2.10. The van der Waals surface area contributed by atoms with Crippen molar-refractivity contribution in [1.82, 2.24) is 15.6 Å². The molecule has 1 aromatic heterocycles. The van der Waals surface area contributed by atoms with E-state index in [9.17, 15) is 4.79 Å². The van der Waals surface area contributed by atoms with Crippen molar-refractivity contribution in [3.8, 4) is 17.0 Å². The molecule has 3 aromatic carbocycles. The summed E-state index contributed by atoms with van der Waals surface area (Å²) in [6.45, 7) is 4.74. The number of nitrogens with one attached hydrogen (secondary N) is 2. The summed E-state index contributed by atoms with van der Waals surface area (Å²) in [7, 11) is 0. The third-order valence-electron chi connectivity index (χ3n) is 5.21. The molecule has 1 amide bonds. The number of aromatic amines is 1. The number of hydrogen-bond acceptors (Lipinski definition) is 4. The highest BCUT2D eigenvalue weighted by Gasteiger charge is 2.14. The minimum atomic E-state index is -0.369. The number of amides is 1. The van der Waals surface area contributed by atoms with E-state index in [2.05, 4.69) is 46.7 Å². The monoisotopic (exact) mass is 438 g/mol. The Hall–Kier alpha value is -4.19. The van der Waals surface area contributed by atoms with Crippen LogP contribution in [0.3, 0.4) is 0 Å². The van der Waals surface area contributed by atoms with Crippen LogP contribution in [0.5, 0.6) is 5.75 Å². The van der Waals surface area contributed by atoms with Crippen LogP contribution in [0.15, 0.2) is 90.0 Å². The van der Waals surface area contributed by atoms with Crippen molar-refractivity contribution in [1.29, 1.82) is 0 Å². The van der Waals surface area contributed by atoms with Crippen LogP contribution in [-0.2, 0) is 6.61 Å². The molecule has 0 radical (unpaired) electrons. The number of hydrazone groups is 1. The molecule has 0 aliphatic carbocycles. The van der Waals surface area contributed by atoms with Gasteiger partial charge in [-0.05, 0) is 40.8 Å². The molecule has 166 valence electrons. The van der Waals surface area contributed by atoms with E-state index in [4.69, 9.17) is 4.74 Å². The highest BCUT2D eigenvalue weighted by atomic mass is 16.5. The minimum absolute atomic E-state index is 0.315. The number of H-pyrrole nitrogens is 1. The van der Waals surface area contributed by atoms with Crippen molar-refractivity contribution in [2.75, 3.05) is 0 Å². The molecule has 0 bridgehead atoms. The average molecular weight is 439 g/mol. The van der Waals surface area contributed by atoms with E-state index in [1.54, 1.807) is 12.3 Å². The third-order valence-corrected chi connectivity index (χ3v) is 5.21. The van der Waals surface area contributed by atoms with E-state index in [0.717, 1.165) is 16.7 Å². The topological polar surface area (TPSA) is 79.4 Å². The number of para-hydroxylation sites is 1. The van der Waals surface area contributed by atoms with Crippen molar-refractivity contribution >= 4 is 12.1 Å². The second kappa shape index (κ2) is 10.4. The van der Waals surface area contributed by atoms with Crippen molar-refractivity contribution in [2.24, 2.45) is 5.10 Å². The predicted octanol–water partition coefficient (Wildman–Crippen LogP) is 5.54. The Morgan fingerprint density at radius 1 is 1.03 bits per heavy atom. The maximum atomic E-state index is 12.5. The number of rotatable bonds is 8. The minimum Gasteiger partial charge on any atom is -0.488 e. The lowest BCUT2D eigenvalue weighted by molar-refractivity contribution is 0.0950. The first-order valence-electron chi connectivity index (χ1n) is 10.8. The molecule has 0 saturated heterocycles. The first kappa shape index (κ1) is 22.0. The van der Waals surface area contributed by atoms with Gasteiger partial charge in [-0.15, -0.1) is 0 Å². The van der Waals surface area contributed by atoms with E-state index in [1.807, 2.05) is 66.7 Å². The summed E-state index contributed by atoms with van der Waals surface area (Å²) >= 11 is 0. The molecule has 0 aliphatic rings. The Morgan fingerprint density at radius 3 is 2.52 bits per heavy atom. The highest BCUT2D eigenvalue weighted by Crippen LogP contribution is 2.29. The van der Waals surface area contributed by atoms with Crippen LogP contribution in [0.1, 0.15) is 46.9 Å². The Morgan fingerprint density at radius 2 is 1.76 bits per heavy atom. The van der Waals surface area contributed by atoms with Crippen LogP contribution in [-0.4, -0.2) is 22.3 Å². The van der Waals surface area contributed by atoms with E-state index < -0.39 is 0 Å². The summed E-state index contributed by atoms with van der Waals surface area (Å²) in [6.07, 6.45) is 1.62. The van der Waals surface area contributed by atoms with Gasteiger partial charge in [0.2, 0.25) is 0 Å². The standard InChI is InChI=1S/C27H26N4O2/c1-19(2)22-14-12-20(13-15-22)17-28-31-27(32)25-16-24(29-30-25)23-10-6-7-11-26(23)33-18-21-8-4-3-5-9-21/h3-17,19H,18H2,1-2H3,(H,29,30)(H,31,32). The van der Waals surface area contributed by atoms with E-state index >= 15 is 0 Å². The van der Waals surface area contributed by atoms with Gasteiger partial charge in [0.25, 0.3) is 5.91 Å². The van der Waals surface area contributed by atoms with Gasteiger partial charge < -0.3 is 4.74 Å². The summed E-state index contributed by atoms with van der Waals surface area (Å²) < 4.78 is 6.01. The van der Waals surface area contributed by atoms with Gasteiger partial charge in [-0.25, -0.2) is 5.43 Å². The molecule has 0 aliphatic heterocycles. The van der Waals surface area contributed by atoms with E-state index in [0.29, 0.717) is 29.7 Å². The van der Waals surface area contributed by atoms with Gasteiger partial charge in [-0.1, -0.05) is 80.6 Å². The van der Waals surface area contributed by atoms with Crippen molar-refractivity contribution in [3.63, 3.8) is 0 Å². The molecule has 2 N–H and O–H groups in total. The van der Waals surface area contributed by atoms with Crippen molar-refractivity contribution < 1.29 is 9.53 Å². The van der Waals surface area contributed by atoms with E-state index in [-0.39, 0.29) is 5.91 Å². The van der Waals surface area contributed by atoms with E-state index in [1.165, 1.54) is 5.56 Å². The number of benzene rings is 3. The first-order valence-corrected chi connectivity index (χ1v) is 10.8. The van der Waals surface area contributed by atoms with Crippen molar-refractivity contribution in [2.45, 2.75) is 26.4 Å². The molecule has 4 rings (SSSR count). The van der Waals surface area contributed by atoms with Crippen LogP contribution in [0.2, 0.25) is 0 Å².